The second-order valence-corrected chi connectivity index (χ2v) is 7.17. The third-order valence-corrected chi connectivity index (χ3v) is 4.84. The van der Waals surface area contributed by atoms with E-state index in [4.69, 9.17) is 21.4 Å². The van der Waals surface area contributed by atoms with E-state index in [-0.39, 0.29) is 75.7 Å². The molecule has 0 aromatic heterocycles. The van der Waals surface area contributed by atoms with Gasteiger partial charge in [0.25, 0.3) is 0 Å². The standard InChI is InChI=1S/C15H14O.C8H8O.C7H7Cl.CH4.K.H2O.4H2/c1-2-14-10-6-7-11-15(14)16-12-13-8-4-3-5-9-13;1-2-7-5-3-4-6-8(7)9;8-6-7-4-2-1-3-5-7;;;;;;;/h2-11H,1,12H2;2-6,9H,1H2;1-5H,6H2;1H4;;1H2;4*1H/q;;;;+1;;;;;/p-1. The molecule has 4 rings (SSSR count). The molecule has 0 fully saturated rings. The van der Waals surface area contributed by atoms with Crippen LogP contribution in [0.4, 0.5) is 0 Å². The van der Waals surface area contributed by atoms with Crippen molar-refractivity contribution in [2.24, 2.45) is 0 Å². The minimum Gasteiger partial charge on any atom is -0.870 e. The molecule has 4 aromatic rings. The zero-order valence-electron chi connectivity index (χ0n) is 20.1. The van der Waals surface area contributed by atoms with E-state index in [1.165, 1.54) is 11.1 Å². The van der Waals surface area contributed by atoms with Crippen LogP contribution in [0, 0.1) is 0 Å². The molecule has 192 valence electrons. The molecule has 0 bridgehead atoms. The van der Waals surface area contributed by atoms with Crippen LogP contribution in [0.2, 0.25) is 0 Å². The summed E-state index contributed by atoms with van der Waals surface area (Å²) in [5.41, 5.74) is 4.14. The van der Waals surface area contributed by atoms with Gasteiger partial charge in [0.1, 0.15) is 18.1 Å². The fourth-order valence-corrected chi connectivity index (χ4v) is 2.92. The summed E-state index contributed by atoms with van der Waals surface area (Å²) in [4.78, 5) is 0. The predicted molar refractivity (Wildman–Crippen MR) is 159 cm³/mol. The van der Waals surface area contributed by atoms with Crippen molar-refractivity contribution >= 4 is 23.8 Å². The molecule has 5 heteroatoms. The fraction of sp³-hybridized carbons (Fsp3) is 0.0968. The second kappa shape index (κ2) is 22.1. The first-order valence-electron chi connectivity index (χ1n) is 10.6. The summed E-state index contributed by atoms with van der Waals surface area (Å²) < 4.78 is 5.74. The van der Waals surface area contributed by atoms with E-state index in [0.717, 1.165) is 16.9 Å². The summed E-state index contributed by atoms with van der Waals surface area (Å²) in [6.45, 7) is 7.89. The molecular formula is C31H42ClKO3. The molecule has 0 aliphatic carbocycles. The molecule has 4 aromatic carbocycles. The number of hydrogen-bond acceptors (Lipinski definition) is 3. The number of benzene rings is 4. The maximum absolute atomic E-state index is 9.04. The van der Waals surface area contributed by atoms with Crippen LogP contribution >= 0.6 is 11.6 Å². The summed E-state index contributed by atoms with van der Waals surface area (Å²) >= 11 is 5.53. The molecule has 0 heterocycles. The van der Waals surface area contributed by atoms with Crippen molar-refractivity contribution in [1.29, 1.82) is 0 Å². The van der Waals surface area contributed by atoms with Crippen molar-refractivity contribution in [3.63, 3.8) is 0 Å². The quantitative estimate of drug-likeness (QED) is 0.217. The van der Waals surface area contributed by atoms with Crippen molar-refractivity contribution in [3.8, 4) is 11.5 Å². The summed E-state index contributed by atoms with van der Waals surface area (Å²) in [5.74, 6) is 1.77. The molecule has 36 heavy (non-hydrogen) atoms. The number of phenols is 1. The van der Waals surface area contributed by atoms with Crippen LogP contribution in [0.15, 0.2) is 122 Å². The zero-order valence-corrected chi connectivity index (χ0v) is 23.9. The SMILES string of the molecule is C.C=Cc1ccccc1O.C=Cc1ccccc1OCc1ccccc1.ClCc1ccccc1.[HH].[HH].[HH].[HH].[K+].[OH-]. The van der Waals surface area contributed by atoms with Crippen molar-refractivity contribution in [2.45, 2.75) is 19.9 Å². The fourth-order valence-electron chi connectivity index (χ4n) is 2.74. The Morgan fingerprint density at radius 3 is 1.58 bits per heavy atom. The first-order chi connectivity index (χ1) is 16.2. The first-order valence-corrected chi connectivity index (χ1v) is 11.1. The van der Waals surface area contributed by atoms with Gasteiger partial charge in [-0.15, -0.1) is 11.6 Å². The minimum atomic E-state index is 0. The number of ether oxygens (including phenoxy) is 1. The number of para-hydroxylation sites is 2. The topological polar surface area (TPSA) is 59.5 Å². The Bertz CT molecular complexity index is 1120. The number of aromatic hydroxyl groups is 1. The van der Waals surface area contributed by atoms with Crippen LogP contribution in [0.25, 0.3) is 12.2 Å². The molecule has 0 radical (unpaired) electrons. The molecular weight excluding hydrogens is 495 g/mol. The van der Waals surface area contributed by atoms with Crippen molar-refractivity contribution in [1.82, 2.24) is 0 Å². The van der Waals surface area contributed by atoms with Gasteiger partial charge in [-0.2, -0.15) is 0 Å². The van der Waals surface area contributed by atoms with E-state index < -0.39 is 0 Å². The van der Waals surface area contributed by atoms with Gasteiger partial charge in [-0.25, -0.2) is 0 Å². The Morgan fingerprint density at radius 1 is 0.694 bits per heavy atom. The molecule has 3 nitrogen and oxygen atoms in total. The van der Waals surface area contributed by atoms with Crippen LogP contribution < -0.4 is 56.1 Å². The maximum atomic E-state index is 9.04. The van der Waals surface area contributed by atoms with E-state index in [1.807, 2.05) is 84.9 Å². The number of hydrogen-bond donors (Lipinski definition) is 1. The van der Waals surface area contributed by atoms with Crippen LogP contribution in [0.5, 0.6) is 11.5 Å². The van der Waals surface area contributed by atoms with E-state index in [9.17, 15) is 0 Å². The van der Waals surface area contributed by atoms with E-state index in [1.54, 1.807) is 24.3 Å². The molecule has 0 spiro atoms. The van der Waals surface area contributed by atoms with Gasteiger partial charge in [0, 0.05) is 22.7 Å². The normalized spacial score (nSPS) is 8.58. The first kappa shape index (κ1) is 36.0. The third-order valence-electron chi connectivity index (χ3n) is 4.53. The monoisotopic (exact) mass is 536 g/mol. The number of rotatable bonds is 6. The van der Waals surface area contributed by atoms with E-state index >= 15 is 0 Å². The molecule has 2 N–H and O–H groups in total. The molecule has 0 saturated carbocycles. The van der Waals surface area contributed by atoms with Crippen LogP contribution in [0.1, 0.15) is 35.4 Å². The molecule has 0 aliphatic rings. The average Bonchev–Trinajstić information content (AvgIpc) is 2.90. The van der Waals surface area contributed by atoms with Crippen LogP contribution in [0.3, 0.4) is 0 Å². The summed E-state index contributed by atoms with van der Waals surface area (Å²) in [6, 6.07) is 35.1. The number of phenolic OH excluding ortho intramolecular Hbond substituents is 1. The second-order valence-electron chi connectivity index (χ2n) is 6.90. The van der Waals surface area contributed by atoms with Gasteiger partial charge in [-0.1, -0.05) is 130 Å². The Balaban J connectivity index is -0.000000106. The average molecular weight is 537 g/mol. The number of alkyl halides is 1. The van der Waals surface area contributed by atoms with Gasteiger partial charge >= 0.3 is 51.4 Å². The van der Waals surface area contributed by atoms with Gasteiger partial charge < -0.3 is 15.3 Å². The molecule has 0 amide bonds. The predicted octanol–water partition coefficient (Wildman–Crippen LogP) is 6.82. The van der Waals surface area contributed by atoms with Gasteiger partial charge in [0.2, 0.25) is 0 Å². The largest absolute Gasteiger partial charge is 1.00 e. The Morgan fingerprint density at radius 2 is 1.14 bits per heavy atom. The third kappa shape index (κ3) is 13.8. The molecule has 0 saturated heterocycles. The van der Waals surface area contributed by atoms with Crippen LogP contribution in [-0.2, 0) is 12.5 Å². The number of halogens is 1. The van der Waals surface area contributed by atoms with Crippen molar-refractivity contribution in [3.05, 3.63) is 145 Å². The molecule has 0 unspecified atom stereocenters. The smallest absolute Gasteiger partial charge is 0.870 e. The molecule has 0 aliphatic heterocycles. The van der Waals surface area contributed by atoms with Gasteiger partial charge in [0.05, 0.1) is 0 Å². The Labute approximate surface area is 269 Å². The summed E-state index contributed by atoms with van der Waals surface area (Å²) in [7, 11) is 0. The summed E-state index contributed by atoms with van der Waals surface area (Å²) in [5, 5.41) is 9.04. The Hall–Kier alpha value is -2.15. The van der Waals surface area contributed by atoms with E-state index in [2.05, 4.69) is 25.3 Å². The van der Waals surface area contributed by atoms with Crippen molar-refractivity contribution < 1.29 is 72.4 Å². The minimum absolute atomic E-state index is 0. The van der Waals surface area contributed by atoms with Gasteiger partial charge in [-0.05, 0) is 23.3 Å². The van der Waals surface area contributed by atoms with Crippen molar-refractivity contribution in [2.75, 3.05) is 0 Å². The maximum Gasteiger partial charge on any atom is 1.00 e. The molecule has 0 atom stereocenters. The van der Waals surface area contributed by atoms with Crippen LogP contribution in [-0.4, -0.2) is 10.6 Å². The van der Waals surface area contributed by atoms with E-state index in [0.29, 0.717) is 12.5 Å². The zero-order chi connectivity index (χ0) is 23.7. The Kier molecular flexibility index (Phi) is 22.1. The summed E-state index contributed by atoms with van der Waals surface area (Å²) in [6.07, 6.45) is 3.43. The van der Waals surface area contributed by atoms with Gasteiger partial charge in [0.15, 0.2) is 0 Å². The van der Waals surface area contributed by atoms with Gasteiger partial charge in [-0.3, -0.25) is 0 Å².